The van der Waals surface area contributed by atoms with Crippen molar-refractivity contribution in [1.29, 1.82) is 5.26 Å². The summed E-state index contributed by atoms with van der Waals surface area (Å²) in [5, 5.41) is 12.2. The van der Waals surface area contributed by atoms with Crippen LogP contribution in [0.3, 0.4) is 0 Å². The van der Waals surface area contributed by atoms with Crippen molar-refractivity contribution in [3.05, 3.63) is 17.7 Å². The Hall–Kier alpha value is -1.89. The van der Waals surface area contributed by atoms with Gasteiger partial charge in [0.05, 0.1) is 12.0 Å². The summed E-state index contributed by atoms with van der Waals surface area (Å²) in [6.07, 6.45) is 0.854. The third-order valence-electron chi connectivity index (χ3n) is 3.10. The van der Waals surface area contributed by atoms with E-state index >= 15 is 0 Å². The number of hydrogen-bond donors (Lipinski definition) is 1. The highest BCUT2D eigenvalue weighted by Gasteiger charge is 2.14. The van der Waals surface area contributed by atoms with Crippen LogP contribution in [0.5, 0.6) is 11.5 Å². The van der Waals surface area contributed by atoms with Crippen LogP contribution in [-0.4, -0.2) is 19.8 Å². The molecular weight excluding hydrogens is 228 g/mol. The first-order chi connectivity index (χ1) is 8.74. The van der Waals surface area contributed by atoms with Crippen LogP contribution in [0.25, 0.3) is 0 Å². The van der Waals surface area contributed by atoms with Crippen molar-refractivity contribution in [2.24, 2.45) is 5.92 Å². The monoisotopic (exact) mass is 246 g/mol. The molecule has 0 radical (unpaired) electrons. The molecule has 0 fully saturated rings. The maximum absolute atomic E-state index is 8.93. The number of fused-ring (bicyclic) bond motifs is 1. The molecule has 1 aromatic carbocycles. The topological polar surface area (TPSA) is 54.3 Å². The highest BCUT2D eigenvalue weighted by Crippen LogP contribution is 2.35. The lowest BCUT2D eigenvalue weighted by Crippen LogP contribution is -2.17. The molecule has 1 heterocycles. The Labute approximate surface area is 108 Å². The first kappa shape index (κ1) is 12.6. The van der Waals surface area contributed by atoms with Crippen molar-refractivity contribution in [2.75, 3.05) is 25.1 Å². The van der Waals surface area contributed by atoms with Crippen LogP contribution in [0, 0.1) is 24.2 Å². The standard InChI is InChI=1S/C14H18N2O2/c1-3-11(8-15)9-16-12-7-14-13(6-10(12)2)17-4-5-18-14/h6-7,11,16H,3-5,9H2,1-2H3. The highest BCUT2D eigenvalue weighted by atomic mass is 16.6. The summed E-state index contributed by atoms with van der Waals surface area (Å²) in [6, 6.07) is 6.21. The van der Waals surface area contributed by atoms with Crippen molar-refractivity contribution >= 4 is 5.69 Å². The Balaban J connectivity index is 2.11. The van der Waals surface area contributed by atoms with Crippen LogP contribution in [-0.2, 0) is 0 Å². The molecule has 1 unspecified atom stereocenters. The van der Waals surface area contributed by atoms with Crippen LogP contribution in [0.2, 0.25) is 0 Å². The Kier molecular flexibility index (Phi) is 3.93. The maximum Gasteiger partial charge on any atom is 0.163 e. The van der Waals surface area contributed by atoms with Gasteiger partial charge in [0.1, 0.15) is 13.2 Å². The molecule has 1 N–H and O–H groups in total. The van der Waals surface area contributed by atoms with Gasteiger partial charge in [-0.25, -0.2) is 0 Å². The zero-order valence-corrected chi connectivity index (χ0v) is 10.8. The minimum atomic E-state index is 0.0394. The first-order valence-electron chi connectivity index (χ1n) is 6.28. The maximum atomic E-state index is 8.93. The lowest BCUT2D eigenvalue weighted by atomic mass is 10.1. The van der Waals surface area contributed by atoms with E-state index in [-0.39, 0.29) is 5.92 Å². The first-order valence-corrected chi connectivity index (χ1v) is 6.28. The summed E-state index contributed by atoms with van der Waals surface area (Å²) in [4.78, 5) is 0. The van der Waals surface area contributed by atoms with E-state index in [4.69, 9.17) is 14.7 Å². The van der Waals surface area contributed by atoms with Crippen LogP contribution < -0.4 is 14.8 Å². The predicted molar refractivity (Wildman–Crippen MR) is 70.1 cm³/mol. The van der Waals surface area contributed by atoms with Gasteiger partial charge in [-0.2, -0.15) is 5.26 Å². The fourth-order valence-electron chi connectivity index (χ4n) is 1.90. The molecule has 0 aromatic heterocycles. The van der Waals surface area contributed by atoms with E-state index in [1.165, 1.54) is 0 Å². The summed E-state index contributed by atoms with van der Waals surface area (Å²) in [5.74, 6) is 1.62. The number of rotatable bonds is 4. The van der Waals surface area contributed by atoms with Gasteiger partial charge in [0, 0.05) is 18.3 Å². The number of anilines is 1. The molecule has 1 aromatic rings. The second kappa shape index (κ2) is 5.63. The zero-order chi connectivity index (χ0) is 13.0. The van der Waals surface area contributed by atoms with Crippen LogP contribution >= 0.6 is 0 Å². The molecule has 18 heavy (non-hydrogen) atoms. The van der Waals surface area contributed by atoms with Gasteiger partial charge in [-0.15, -0.1) is 0 Å². The van der Waals surface area contributed by atoms with Gasteiger partial charge in [-0.3, -0.25) is 0 Å². The third kappa shape index (κ3) is 2.67. The number of aryl methyl sites for hydroxylation is 1. The van der Waals surface area contributed by atoms with Crippen molar-refractivity contribution in [3.63, 3.8) is 0 Å². The number of hydrogen-bond acceptors (Lipinski definition) is 4. The molecule has 0 saturated carbocycles. The number of ether oxygens (including phenoxy) is 2. The van der Waals surface area contributed by atoms with E-state index in [1.807, 2.05) is 26.0 Å². The van der Waals surface area contributed by atoms with Gasteiger partial charge in [-0.1, -0.05) is 6.92 Å². The summed E-state index contributed by atoms with van der Waals surface area (Å²) >= 11 is 0. The molecular formula is C14H18N2O2. The lowest BCUT2D eigenvalue weighted by molar-refractivity contribution is 0.171. The number of benzene rings is 1. The lowest BCUT2D eigenvalue weighted by Gasteiger charge is -2.21. The normalized spacial score (nSPS) is 14.7. The molecule has 2 rings (SSSR count). The number of nitrogens with zero attached hydrogens (tertiary/aromatic N) is 1. The quantitative estimate of drug-likeness (QED) is 0.887. The van der Waals surface area contributed by atoms with Gasteiger partial charge in [-0.05, 0) is 25.0 Å². The Bertz CT molecular complexity index is 466. The minimum absolute atomic E-state index is 0.0394. The van der Waals surface area contributed by atoms with Gasteiger partial charge in [0.25, 0.3) is 0 Å². The Morgan fingerprint density at radius 1 is 1.33 bits per heavy atom. The highest BCUT2D eigenvalue weighted by molar-refractivity contribution is 5.60. The van der Waals surface area contributed by atoms with Crippen LogP contribution in [0.15, 0.2) is 12.1 Å². The Morgan fingerprint density at radius 2 is 2.00 bits per heavy atom. The third-order valence-corrected chi connectivity index (χ3v) is 3.10. The molecule has 0 aliphatic carbocycles. The average Bonchev–Trinajstić information content (AvgIpc) is 2.40. The molecule has 4 nitrogen and oxygen atoms in total. The van der Waals surface area contributed by atoms with Gasteiger partial charge < -0.3 is 14.8 Å². The van der Waals surface area contributed by atoms with Crippen molar-refractivity contribution < 1.29 is 9.47 Å². The summed E-state index contributed by atoms with van der Waals surface area (Å²) in [5.41, 5.74) is 2.11. The zero-order valence-electron chi connectivity index (χ0n) is 10.8. The van der Waals surface area contributed by atoms with E-state index in [0.29, 0.717) is 19.8 Å². The summed E-state index contributed by atoms with van der Waals surface area (Å²) < 4.78 is 11.1. The van der Waals surface area contributed by atoms with E-state index < -0.39 is 0 Å². The molecule has 1 aliphatic rings. The molecule has 0 bridgehead atoms. The number of nitriles is 1. The second-order valence-electron chi connectivity index (χ2n) is 4.43. The van der Waals surface area contributed by atoms with Gasteiger partial charge in [0.15, 0.2) is 11.5 Å². The fourth-order valence-corrected chi connectivity index (χ4v) is 1.90. The Morgan fingerprint density at radius 3 is 2.61 bits per heavy atom. The predicted octanol–water partition coefficient (Wildman–Crippen LogP) is 2.73. The van der Waals surface area contributed by atoms with Crippen molar-refractivity contribution in [2.45, 2.75) is 20.3 Å². The fraction of sp³-hybridized carbons (Fsp3) is 0.500. The van der Waals surface area contributed by atoms with E-state index in [1.54, 1.807) is 0 Å². The van der Waals surface area contributed by atoms with E-state index in [9.17, 15) is 0 Å². The molecule has 96 valence electrons. The molecule has 0 spiro atoms. The summed E-state index contributed by atoms with van der Waals surface area (Å²) in [7, 11) is 0. The molecule has 0 saturated heterocycles. The SMILES string of the molecule is CCC(C#N)CNc1cc2c(cc1C)OCCO2. The molecule has 4 heteroatoms. The minimum Gasteiger partial charge on any atom is -0.486 e. The van der Waals surface area contributed by atoms with Crippen LogP contribution in [0.4, 0.5) is 5.69 Å². The number of nitrogens with one attached hydrogen (secondary N) is 1. The van der Waals surface area contributed by atoms with Gasteiger partial charge in [0.2, 0.25) is 0 Å². The second-order valence-corrected chi connectivity index (χ2v) is 4.43. The van der Waals surface area contributed by atoms with Crippen molar-refractivity contribution in [1.82, 2.24) is 0 Å². The smallest absolute Gasteiger partial charge is 0.163 e. The molecule has 0 amide bonds. The van der Waals surface area contributed by atoms with E-state index in [0.717, 1.165) is 29.2 Å². The molecule has 1 aliphatic heterocycles. The van der Waals surface area contributed by atoms with Crippen LogP contribution in [0.1, 0.15) is 18.9 Å². The molecule has 1 atom stereocenters. The van der Waals surface area contributed by atoms with Crippen molar-refractivity contribution in [3.8, 4) is 17.6 Å². The average molecular weight is 246 g/mol. The van der Waals surface area contributed by atoms with E-state index in [2.05, 4.69) is 11.4 Å². The summed E-state index contributed by atoms with van der Waals surface area (Å²) in [6.45, 7) is 5.89. The van der Waals surface area contributed by atoms with Gasteiger partial charge >= 0.3 is 0 Å². The largest absolute Gasteiger partial charge is 0.486 e.